The van der Waals surface area contributed by atoms with E-state index in [0.717, 1.165) is 25.7 Å². The second kappa shape index (κ2) is 7.35. The van der Waals surface area contributed by atoms with E-state index in [1.807, 2.05) is 0 Å². The van der Waals surface area contributed by atoms with Crippen molar-refractivity contribution in [3.8, 4) is 0 Å². The summed E-state index contributed by atoms with van der Waals surface area (Å²) in [6.45, 7) is 8.14. The van der Waals surface area contributed by atoms with Crippen molar-refractivity contribution in [3.05, 3.63) is 12.2 Å². The summed E-state index contributed by atoms with van der Waals surface area (Å²) in [5.74, 6) is 0. The standard InChI is InChI=1S/C11H22O/c1-4-6-7-8-11(12)9-10(3)5-2/h11-12H,3-9H2,1-2H3. The lowest BCUT2D eigenvalue weighted by molar-refractivity contribution is 0.160. The van der Waals surface area contributed by atoms with Crippen molar-refractivity contribution in [2.24, 2.45) is 0 Å². The fourth-order valence-corrected chi connectivity index (χ4v) is 1.21. The van der Waals surface area contributed by atoms with Crippen molar-refractivity contribution in [2.75, 3.05) is 0 Å². The summed E-state index contributed by atoms with van der Waals surface area (Å²) in [5, 5.41) is 9.52. The Morgan fingerprint density at radius 1 is 1.33 bits per heavy atom. The zero-order valence-electron chi connectivity index (χ0n) is 8.47. The molecule has 0 aliphatic heterocycles. The topological polar surface area (TPSA) is 20.2 Å². The van der Waals surface area contributed by atoms with Crippen molar-refractivity contribution < 1.29 is 5.11 Å². The number of hydrogen-bond acceptors (Lipinski definition) is 1. The summed E-state index contributed by atoms with van der Waals surface area (Å²) in [6.07, 6.45) is 6.17. The van der Waals surface area contributed by atoms with Gasteiger partial charge in [-0.1, -0.05) is 45.3 Å². The van der Waals surface area contributed by atoms with Crippen LogP contribution in [0.1, 0.15) is 52.4 Å². The Labute approximate surface area is 76.5 Å². The Morgan fingerprint density at radius 2 is 2.00 bits per heavy atom. The van der Waals surface area contributed by atoms with Crippen LogP contribution in [0.15, 0.2) is 12.2 Å². The average Bonchev–Trinajstić information content (AvgIpc) is 2.05. The maximum atomic E-state index is 9.52. The predicted molar refractivity (Wildman–Crippen MR) is 54.2 cm³/mol. The van der Waals surface area contributed by atoms with E-state index >= 15 is 0 Å². The van der Waals surface area contributed by atoms with Gasteiger partial charge in [0.25, 0.3) is 0 Å². The Hall–Kier alpha value is -0.300. The third-order valence-electron chi connectivity index (χ3n) is 2.17. The molecule has 1 heteroatoms. The lowest BCUT2D eigenvalue weighted by Gasteiger charge is -2.10. The van der Waals surface area contributed by atoms with E-state index in [2.05, 4.69) is 20.4 Å². The summed E-state index contributed by atoms with van der Waals surface area (Å²) < 4.78 is 0. The molecule has 1 unspecified atom stereocenters. The second-order valence-electron chi connectivity index (χ2n) is 3.46. The summed E-state index contributed by atoms with van der Waals surface area (Å²) in [7, 11) is 0. The Morgan fingerprint density at radius 3 is 2.50 bits per heavy atom. The number of aliphatic hydroxyl groups is 1. The van der Waals surface area contributed by atoms with Crippen LogP contribution in [-0.4, -0.2) is 11.2 Å². The molecule has 0 heterocycles. The largest absolute Gasteiger partial charge is 0.393 e. The highest BCUT2D eigenvalue weighted by Gasteiger charge is 2.04. The predicted octanol–water partition coefficient (Wildman–Crippen LogP) is 3.28. The van der Waals surface area contributed by atoms with Crippen LogP contribution >= 0.6 is 0 Å². The van der Waals surface area contributed by atoms with E-state index in [4.69, 9.17) is 0 Å². The smallest absolute Gasteiger partial charge is 0.0577 e. The van der Waals surface area contributed by atoms with Crippen LogP contribution in [0.25, 0.3) is 0 Å². The number of hydrogen-bond donors (Lipinski definition) is 1. The highest BCUT2D eigenvalue weighted by atomic mass is 16.3. The molecule has 0 fully saturated rings. The Balaban J connectivity index is 3.32. The minimum Gasteiger partial charge on any atom is -0.393 e. The van der Waals surface area contributed by atoms with Crippen molar-refractivity contribution in [1.82, 2.24) is 0 Å². The van der Waals surface area contributed by atoms with Gasteiger partial charge in [0, 0.05) is 0 Å². The first-order chi connectivity index (χ1) is 5.70. The van der Waals surface area contributed by atoms with Crippen LogP contribution < -0.4 is 0 Å². The first kappa shape index (κ1) is 11.7. The first-order valence-electron chi connectivity index (χ1n) is 5.05. The molecule has 0 aliphatic rings. The third-order valence-corrected chi connectivity index (χ3v) is 2.17. The van der Waals surface area contributed by atoms with Gasteiger partial charge in [0.1, 0.15) is 0 Å². The van der Waals surface area contributed by atoms with Gasteiger partial charge in [-0.25, -0.2) is 0 Å². The molecule has 1 nitrogen and oxygen atoms in total. The molecular formula is C11H22O. The van der Waals surface area contributed by atoms with Crippen LogP contribution in [0.5, 0.6) is 0 Å². The zero-order valence-corrected chi connectivity index (χ0v) is 8.47. The van der Waals surface area contributed by atoms with Crippen LogP contribution in [0, 0.1) is 0 Å². The maximum absolute atomic E-state index is 9.52. The van der Waals surface area contributed by atoms with Crippen LogP contribution in [0.2, 0.25) is 0 Å². The molecule has 0 aliphatic carbocycles. The summed E-state index contributed by atoms with van der Waals surface area (Å²) in [4.78, 5) is 0. The van der Waals surface area contributed by atoms with Crippen LogP contribution in [0.3, 0.4) is 0 Å². The van der Waals surface area contributed by atoms with E-state index < -0.39 is 0 Å². The van der Waals surface area contributed by atoms with E-state index in [-0.39, 0.29) is 6.10 Å². The molecule has 0 bridgehead atoms. The van der Waals surface area contributed by atoms with Crippen molar-refractivity contribution in [2.45, 2.75) is 58.5 Å². The molecule has 0 aromatic carbocycles. The molecule has 1 atom stereocenters. The molecule has 0 saturated carbocycles. The summed E-state index contributed by atoms with van der Waals surface area (Å²) in [5.41, 5.74) is 1.17. The second-order valence-corrected chi connectivity index (χ2v) is 3.46. The van der Waals surface area contributed by atoms with Gasteiger partial charge in [-0.05, 0) is 19.3 Å². The highest BCUT2D eigenvalue weighted by Crippen LogP contribution is 2.12. The molecule has 1 N–H and O–H groups in total. The molecule has 12 heavy (non-hydrogen) atoms. The lowest BCUT2D eigenvalue weighted by Crippen LogP contribution is -2.06. The molecular weight excluding hydrogens is 148 g/mol. The third kappa shape index (κ3) is 6.41. The average molecular weight is 170 g/mol. The Kier molecular flexibility index (Phi) is 7.17. The molecule has 0 spiro atoms. The van der Waals surface area contributed by atoms with Gasteiger partial charge in [-0.3, -0.25) is 0 Å². The van der Waals surface area contributed by atoms with Gasteiger partial charge in [0.05, 0.1) is 6.10 Å². The minimum atomic E-state index is -0.149. The molecule has 0 rings (SSSR count). The first-order valence-corrected chi connectivity index (χ1v) is 5.05. The van der Waals surface area contributed by atoms with Gasteiger partial charge in [0.15, 0.2) is 0 Å². The van der Waals surface area contributed by atoms with Crippen molar-refractivity contribution >= 4 is 0 Å². The van der Waals surface area contributed by atoms with Gasteiger partial charge in [0.2, 0.25) is 0 Å². The molecule has 0 amide bonds. The SMILES string of the molecule is C=C(CC)CC(O)CCCCC. The molecule has 0 aromatic heterocycles. The lowest BCUT2D eigenvalue weighted by atomic mass is 10.0. The van der Waals surface area contributed by atoms with Crippen LogP contribution in [0.4, 0.5) is 0 Å². The number of aliphatic hydroxyl groups excluding tert-OH is 1. The maximum Gasteiger partial charge on any atom is 0.0577 e. The number of unbranched alkanes of at least 4 members (excludes halogenated alkanes) is 2. The zero-order chi connectivity index (χ0) is 9.40. The molecule has 0 radical (unpaired) electrons. The highest BCUT2D eigenvalue weighted by molar-refractivity contribution is 4.94. The quantitative estimate of drug-likeness (QED) is 0.459. The monoisotopic (exact) mass is 170 g/mol. The van der Waals surface area contributed by atoms with E-state index in [0.29, 0.717) is 0 Å². The Bertz CT molecular complexity index is 118. The van der Waals surface area contributed by atoms with E-state index in [9.17, 15) is 5.11 Å². The normalized spacial score (nSPS) is 12.9. The van der Waals surface area contributed by atoms with Gasteiger partial charge in [-0.15, -0.1) is 0 Å². The fourth-order valence-electron chi connectivity index (χ4n) is 1.21. The van der Waals surface area contributed by atoms with E-state index in [1.165, 1.54) is 18.4 Å². The summed E-state index contributed by atoms with van der Waals surface area (Å²) >= 11 is 0. The van der Waals surface area contributed by atoms with Gasteiger partial charge < -0.3 is 5.11 Å². The molecule has 0 saturated heterocycles. The fraction of sp³-hybridized carbons (Fsp3) is 0.818. The van der Waals surface area contributed by atoms with Gasteiger partial charge in [-0.2, -0.15) is 0 Å². The van der Waals surface area contributed by atoms with Crippen LogP contribution in [-0.2, 0) is 0 Å². The van der Waals surface area contributed by atoms with Crippen molar-refractivity contribution in [1.29, 1.82) is 0 Å². The summed E-state index contributed by atoms with van der Waals surface area (Å²) in [6, 6.07) is 0. The van der Waals surface area contributed by atoms with E-state index in [1.54, 1.807) is 0 Å². The van der Waals surface area contributed by atoms with Gasteiger partial charge >= 0.3 is 0 Å². The van der Waals surface area contributed by atoms with Crippen molar-refractivity contribution in [3.63, 3.8) is 0 Å². The molecule has 0 aromatic rings. The minimum absolute atomic E-state index is 0.149. The number of rotatable bonds is 7. The molecule has 72 valence electrons.